The lowest BCUT2D eigenvalue weighted by Crippen LogP contribution is -2.49. The van der Waals surface area contributed by atoms with E-state index in [1.165, 1.54) is 38.4 Å². The van der Waals surface area contributed by atoms with Crippen molar-refractivity contribution in [1.82, 2.24) is 19.8 Å². The maximum atomic E-state index is 12.3. The third-order valence-electron chi connectivity index (χ3n) is 4.60. The van der Waals surface area contributed by atoms with Crippen molar-refractivity contribution in [2.24, 2.45) is 0 Å². The van der Waals surface area contributed by atoms with E-state index in [0.29, 0.717) is 18.2 Å². The summed E-state index contributed by atoms with van der Waals surface area (Å²) in [5.41, 5.74) is 0.487. The van der Waals surface area contributed by atoms with Crippen LogP contribution in [0.2, 0.25) is 0 Å². The molecule has 1 saturated heterocycles. The average Bonchev–Trinajstić information content (AvgIpc) is 2.74. The zero-order chi connectivity index (χ0) is 20.9. The molecular weight excluding hydrogens is 396 g/mol. The van der Waals surface area contributed by atoms with Gasteiger partial charge >= 0.3 is 6.03 Å². The SMILES string of the molecule is CON(C)S(=O)(=O)c1ccc(NC(=O)NC2CCCN(c3ncccn3)C2)cc1. The molecule has 1 atom stereocenters. The molecule has 1 unspecified atom stereocenters. The van der Waals surface area contributed by atoms with Crippen LogP contribution in [0.4, 0.5) is 16.4 Å². The molecule has 1 aromatic heterocycles. The smallest absolute Gasteiger partial charge is 0.319 e. The Balaban J connectivity index is 1.57. The Morgan fingerprint density at radius 2 is 1.93 bits per heavy atom. The number of hydrogen-bond donors (Lipinski definition) is 2. The molecule has 2 aromatic rings. The number of nitrogens with one attached hydrogen (secondary N) is 2. The van der Waals surface area contributed by atoms with Crippen molar-refractivity contribution in [3.63, 3.8) is 0 Å². The van der Waals surface area contributed by atoms with Crippen LogP contribution in [0.1, 0.15) is 12.8 Å². The van der Waals surface area contributed by atoms with Crippen LogP contribution < -0.4 is 15.5 Å². The Labute approximate surface area is 169 Å². The van der Waals surface area contributed by atoms with Crippen molar-refractivity contribution < 1.29 is 18.0 Å². The molecule has 1 aromatic carbocycles. The number of hydrogen-bond acceptors (Lipinski definition) is 7. The minimum Gasteiger partial charge on any atom is -0.339 e. The molecule has 2 amide bonds. The molecule has 1 aliphatic heterocycles. The fraction of sp³-hybridized carbons (Fsp3) is 0.389. The van der Waals surface area contributed by atoms with Gasteiger partial charge in [-0.05, 0) is 43.2 Å². The van der Waals surface area contributed by atoms with Crippen LogP contribution >= 0.6 is 0 Å². The van der Waals surface area contributed by atoms with Crippen LogP contribution in [-0.4, -0.2) is 62.2 Å². The van der Waals surface area contributed by atoms with Gasteiger partial charge in [0.15, 0.2) is 0 Å². The number of rotatable bonds is 6. The summed E-state index contributed by atoms with van der Waals surface area (Å²) in [6, 6.07) is 7.26. The molecule has 2 heterocycles. The van der Waals surface area contributed by atoms with E-state index >= 15 is 0 Å². The minimum atomic E-state index is -3.72. The summed E-state index contributed by atoms with van der Waals surface area (Å²) in [6.07, 6.45) is 5.17. The number of amides is 2. The van der Waals surface area contributed by atoms with Gasteiger partial charge in [0.05, 0.1) is 12.0 Å². The number of urea groups is 1. The van der Waals surface area contributed by atoms with Gasteiger partial charge in [-0.2, -0.15) is 0 Å². The highest BCUT2D eigenvalue weighted by atomic mass is 32.2. The van der Waals surface area contributed by atoms with Gasteiger partial charge in [-0.15, -0.1) is 0 Å². The van der Waals surface area contributed by atoms with E-state index in [2.05, 4.69) is 20.6 Å². The fourth-order valence-corrected chi connectivity index (χ4v) is 4.01. The standard InChI is InChI=1S/C18H24N6O4S/c1-23(28-2)29(26,27)16-8-6-14(7-9-16)21-18(25)22-15-5-3-12-24(13-15)17-19-10-4-11-20-17/h4,6-11,15H,3,5,12-13H2,1-2H3,(H2,21,22,25). The lowest BCUT2D eigenvalue weighted by molar-refractivity contribution is -0.0258. The number of carbonyl (C=O) groups is 1. The van der Waals surface area contributed by atoms with Gasteiger partial charge in [0.1, 0.15) is 0 Å². The number of piperidine rings is 1. The van der Waals surface area contributed by atoms with Crippen molar-refractivity contribution in [1.29, 1.82) is 0 Å². The molecule has 2 N–H and O–H groups in total. The number of hydroxylamine groups is 1. The summed E-state index contributed by atoms with van der Waals surface area (Å²) in [5, 5.41) is 5.67. The summed E-state index contributed by atoms with van der Waals surface area (Å²) >= 11 is 0. The summed E-state index contributed by atoms with van der Waals surface area (Å²) < 4.78 is 25.2. The Kier molecular flexibility index (Phi) is 6.62. The van der Waals surface area contributed by atoms with Gasteiger partial charge in [0, 0.05) is 44.3 Å². The van der Waals surface area contributed by atoms with Crippen molar-refractivity contribution in [3.8, 4) is 0 Å². The maximum Gasteiger partial charge on any atom is 0.319 e. The molecule has 0 aliphatic carbocycles. The second-order valence-corrected chi connectivity index (χ2v) is 8.49. The van der Waals surface area contributed by atoms with E-state index in [1.54, 1.807) is 18.5 Å². The van der Waals surface area contributed by atoms with Gasteiger partial charge in [-0.3, -0.25) is 4.84 Å². The number of anilines is 2. The first-order valence-electron chi connectivity index (χ1n) is 9.13. The molecule has 0 spiro atoms. The summed E-state index contributed by atoms with van der Waals surface area (Å²) in [5.74, 6) is 0.650. The first kappa shape index (κ1) is 21.0. The van der Waals surface area contributed by atoms with E-state index in [9.17, 15) is 13.2 Å². The molecule has 1 aliphatic rings. The van der Waals surface area contributed by atoms with Crippen LogP contribution in [0.25, 0.3) is 0 Å². The minimum absolute atomic E-state index is 0.0393. The first-order valence-corrected chi connectivity index (χ1v) is 10.6. The Morgan fingerprint density at radius 1 is 1.24 bits per heavy atom. The lowest BCUT2D eigenvalue weighted by Gasteiger charge is -2.33. The van der Waals surface area contributed by atoms with Crippen molar-refractivity contribution >= 4 is 27.7 Å². The second kappa shape index (κ2) is 9.16. The monoisotopic (exact) mass is 420 g/mol. The molecule has 29 heavy (non-hydrogen) atoms. The zero-order valence-electron chi connectivity index (χ0n) is 16.3. The second-order valence-electron chi connectivity index (χ2n) is 6.55. The third kappa shape index (κ3) is 5.19. The van der Waals surface area contributed by atoms with Gasteiger partial charge in [0.25, 0.3) is 10.0 Å². The molecule has 0 saturated carbocycles. The fourth-order valence-electron chi connectivity index (χ4n) is 3.04. The van der Waals surface area contributed by atoms with Gasteiger partial charge < -0.3 is 15.5 Å². The highest BCUT2D eigenvalue weighted by Crippen LogP contribution is 2.18. The predicted octanol–water partition coefficient (Wildman–Crippen LogP) is 1.45. The Hall–Kier alpha value is -2.76. The van der Waals surface area contributed by atoms with Crippen LogP contribution in [0.15, 0.2) is 47.6 Å². The van der Waals surface area contributed by atoms with E-state index in [0.717, 1.165) is 23.9 Å². The summed E-state index contributed by atoms with van der Waals surface area (Å²) in [4.78, 5) is 27.7. The molecule has 1 fully saturated rings. The number of benzene rings is 1. The van der Waals surface area contributed by atoms with Gasteiger partial charge in [0.2, 0.25) is 5.95 Å². The van der Waals surface area contributed by atoms with Crippen LogP contribution in [-0.2, 0) is 14.9 Å². The largest absolute Gasteiger partial charge is 0.339 e. The number of nitrogens with zero attached hydrogens (tertiary/aromatic N) is 4. The predicted molar refractivity (Wildman–Crippen MR) is 108 cm³/mol. The molecule has 0 radical (unpaired) electrons. The average molecular weight is 420 g/mol. The summed E-state index contributed by atoms with van der Waals surface area (Å²) in [6.45, 7) is 1.47. The Bertz CT molecular complexity index is 923. The topological polar surface area (TPSA) is 117 Å². The third-order valence-corrected chi connectivity index (χ3v) is 6.29. The van der Waals surface area contributed by atoms with E-state index in [1.807, 2.05) is 4.90 Å². The normalized spacial score (nSPS) is 17.2. The van der Waals surface area contributed by atoms with E-state index < -0.39 is 10.0 Å². The molecule has 156 valence electrons. The highest BCUT2D eigenvalue weighted by molar-refractivity contribution is 7.89. The van der Waals surface area contributed by atoms with Gasteiger partial charge in [-0.25, -0.2) is 23.2 Å². The lowest BCUT2D eigenvalue weighted by atomic mass is 10.1. The van der Waals surface area contributed by atoms with Crippen molar-refractivity contribution in [2.45, 2.75) is 23.8 Å². The van der Waals surface area contributed by atoms with Crippen molar-refractivity contribution in [3.05, 3.63) is 42.7 Å². The molecular formula is C18H24N6O4S. The van der Waals surface area contributed by atoms with Gasteiger partial charge in [-0.1, -0.05) is 4.47 Å². The quantitative estimate of drug-likeness (QED) is 0.679. The maximum absolute atomic E-state index is 12.3. The van der Waals surface area contributed by atoms with Crippen LogP contribution in [0.3, 0.4) is 0 Å². The highest BCUT2D eigenvalue weighted by Gasteiger charge is 2.23. The Morgan fingerprint density at radius 3 is 2.59 bits per heavy atom. The summed E-state index contributed by atoms with van der Waals surface area (Å²) in [7, 11) is -1.14. The molecule has 3 rings (SSSR count). The van der Waals surface area contributed by atoms with Crippen molar-refractivity contribution in [2.75, 3.05) is 37.5 Å². The number of carbonyl (C=O) groups excluding carboxylic acids is 1. The van der Waals surface area contributed by atoms with Crippen LogP contribution in [0.5, 0.6) is 0 Å². The number of sulfonamides is 1. The van der Waals surface area contributed by atoms with E-state index in [-0.39, 0.29) is 17.0 Å². The number of aromatic nitrogens is 2. The molecule has 11 heteroatoms. The zero-order valence-corrected chi connectivity index (χ0v) is 17.1. The van der Waals surface area contributed by atoms with E-state index in [4.69, 9.17) is 4.84 Å². The molecule has 10 nitrogen and oxygen atoms in total. The molecule has 0 bridgehead atoms. The first-order chi connectivity index (χ1) is 13.9. The van der Waals surface area contributed by atoms with Crippen LogP contribution in [0, 0.1) is 0 Å².